The molecular formula is C30H50B. The van der Waals surface area contributed by atoms with Gasteiger partial charge in [0.1, 0.15) is 7.28 Å². The third kappa shape index (κ3) is 2.79. The largest absolute Gasteiger partial charge is 0.110 e. The third-order valence-corrected chi connectivity index (χ3v) is 13.6. The predicted molar refractivity (Wildman–Crippen MR) is 133 cm³/mol. The molecule has 6 saturated carbocycles. The van der Waals surface area contributed by atoms with Crippen LogP contribution in [0.15, 0.2) is 0 Å². The monoisotopic (exact) mass is 421 g/mol. The van der Waals surface area contributed by atoms with Crippen molar-refractivity contribution < 1.29 is 0 Å². The van der Waals surface area contributed by atoms with E-state index in [9.17, 15) is 0 Å². The van der Waals surface area contributed by atoms with Gasteiger partial charge in [-0.15, -0.1) is 0 Å². The average molecular weight is 422 g/mol. The van der Waals surface area contributed by atoms with Crippen LogP contribution in [-0.4, -0.2) is 7.28 Å². The van der Waals surface area contributed by atoms with Crippen molar-refractivity contribution in [3.05, 3.63) is 0 Å². The van der Waals surface area contributed by atoms with E-state index in [4.69, 9.17) is 0 Å². The summed E-state index contributed by atoms with van der Waals surface area (Å²) in [6.45, 7) is 16.0. The van der Waals surface area contributed by atoms with Gasteiger partial charge in [-0.05, 0) is 120 Å². The highest BCUT2D eigenvalue weighted by Crippen LogP contribution is 2.73. The molecule has 0 amide bonds. The quantitative estimate of drug-likeness (QED) is 0.399. The standard InChI is InChI=1S/C30H50B/c1-27(2)13-7-15-29(5)21-11-9-19(25(21)27)23(29)17-31-18-24-20-10-12-22-26(20)28(3,4)14-8-16-30(22,24)6/h19-26H,7-18H2,1-6H3/t19-,20-,21+,22+,23-,24+,25+,26+,29-,30-/m1/s1. The molecule has 1 heteroatoms. The van der Waals surface area contributed by atoms with Crippen LogP contribution in [-0.2, 0) is 0 Å². The van der Waals surface area contributed by atoms with Crippen molar-refractivity contribution >= 4 is 7.28 Å². The van der Waals surface area contributed by atoms with Gasteiger partial charge in [0.25, 0.3) is 0 Å². The highest BCUT2D eigenvalue weighted by Gasteiger charge is 2.66. The van der Waals surface area contributed by atoms with Gasteiger partial charge in [-0.3, -0.25) is 0 Å². The lowest BCUT2D eigenvalue weighted by Crippen LogP contribution is -2.36. The van der Waals surface area contributed by atoms with Crippen molar-refractivity contribution in [2.24, 2.45) is 69.0 Å². The molecule has 0 aliphatic heterocycles. The first-order chi connectivity index (χ1) is 14.6. The lowest BCUT2D eigenvalue weighted by atomic mass is 9.50. The first kappa shape index (κ1) is 21.6. The summed E-state index contributed by atoms with van der Waals surface area (Å²) in [4.78, 5) is 0. The Morgan fingerprint density at radius 3 is 1.42 bits per heavy atom. The molecule has 0 aromatic carbocycles. The number of hydrogen-bond acceptors (Lipinski definition) is 0. The van der Waals surface area contributed by atoms with E-state index in [-0.39, 0.29) is 0 Å². The Morgan fingerprint density at radius 1 is 0.581 bits per heavy atom. The molecule has 0 aromatic rings. The van der Waals surface area contributed by atoms with Crippen molar-refractivity contribution in [1.29, 1.82) is 0 Å². The summed E-state index contributed by atoms with van der Waals surface area (Å²) in [6, 6.07) is 0. The highest BCUT2D eigenvalue weighted by molar-refractivity contribution is 6.35. The Kier molecular flexibility index (Phi) is 4.74. The molecule has 173 valence electrons. The second-order valence-electron chi connectivity index (χ2n) is 15.4. The molecule has 0 N–H and O–H groups in total. The summed E-state index contributed by atoms with van der Waals surface area (Å²) < 4.78 is 0. The summed E-state index contributed by atoms with van der Waals surface area (Å²) in [7, 11) is 2.88. The molecule has 0 aromatic heterocycles. The molecule has 31 heavy (non-hydrogen) atoms. The van der Waals surface area contributed by atoms with Gasteiger partial charge in [-0.1, -0.05) is 67.0 Å². The van der Waals surface area contributed by atoms with E-state index < -0.39 is 0 Å². The number of hydrogen-bond donors (Lipinski definition) is 0. The van der Waals surface area contributed by atoms with Crippen LogP contribution in [0.2, 0.25) is 12.6 Å². The molecule has 6 fully saturated rings. The second kappa shape index (κ2) is 6.81. The molecule has 6 rings (SSSR count). The lowest BCUT2D eigenvalue weighted by Gasteiger charge is -2.44. The van der Waals surface area contributed by atoms with Gasteiger partial charge in [-0.2, -0.15) is 0 Å². The fourth-order valence-corrected chi connectivity index (χ4v) is 12.5. The van der Waals surface area contributed by atoms with E-state index in [0.29, 0.717) is 21.7 Å². The summed E-state index contributed by atoms with van der Waals surface area (Å²) >= 11 is 0. The molecule has 0 heterocycles. The van der Waals surface area contributed by atoms with E-state index in [0.717, 1.165) is 47.3 Å². The van der Waals surface area contributed by atoms with E-state index >= 15 is 0 Å². The van der Waals surface area contributed by atoms with Crippen LogP contribution in [0.3, 0.4) is 0 Å². The van der Waals surface area contributed by atoms with Crippen LogP contribution in [0.25, 0.3) is 0 Å². The lowest BCUT2D eigenvalue weighted by molar-refractivity contribution is 0.0939. The zero-order chi connectivity index (χ0) is 21.8. The molecular weight excluding hydrogens is 371 g/mol. The maximum Gasteiger partial charge on any atom is 0.110 e. The molecule has 0 unspecified atom stereocenters. The molecule has 8 bridgehead atoms. The van der Waals surface area contributed by atoms with Gasteiger partial charge in [-0.25, -0.2) is 0 Å². The highest BCUT2D eigenvalue weighted by atomic mass is 14.7. The van der Waals surface area contributed by atoms with Crippen LogP contribution in [0, 0.1) is 69.0 Å². The fraction of sp³-hybridized carbons (Fsp3) is 1.00. The van der Waals surface area contributed by atoms with Crippen molar-refractivity contribution in [2.75, 3.05) is 0 Å². The first-order valence-electron chi connectivity index (χ1n) is 14.4. The molecule has 1 radical (unpaired) electrons. The Bertz CT molecular complexity index is 662. The van der Waals surface area contributed by atoms with Crippen molar-refractivity contribution in [1.82, 2.24) is 0 Å². The average Bonchev–Trinajstić information content (AvgIpc) is 3.37. The van der Waals surface area contributed by atoms with Crippen LogP contribution in [0.4, 0.5) is 0 Å². The zero-order valence-corrected chi connectivity index (χ0v) is 21.7. The molecule has 10 atom stereocenters. The van der Waals surface area contributed by atoms with Crippen LogP contribution < -0.4 is 0 Å². The summed E-state index contributed by atoms with van der Waals surface area (Å²) in [5, 5.41) is 0. The van der Waals surface area contributed by atoms with Crippen molar-refractivity contribution in [2.45, 2.75) is 118 Å². The maximum absolute atomic E-state index is 2.88. The first-order valence-corrected chi connectivity index (χ1v) is 14.4. The minimum Gasteiger partial charge on any atom is -0.0767 e. The Labute approximate surface area is 194 Å². The molecule has 6 aliphatic carbocycles. The molecule has 0 saturated heterocycles. The van der Waals surface area contributed by atoms with Crippen LogP contribution in [0.5, 0.6) is 0 Å². The smallest absolute Gasteiger partial charge is 0.0767 e. The Morgan fingerprint density at radius 2 is 1.00 bits per heavy atom. The van der Waals surface area contributed by atoms with Gasteiger partial charge < -0.3 is 0 Å². The van der Waals surface area contributed by atoms with E-state index in [2.05, 4.69) is 48.8 Å². The minimum atomic E-state index is 0.595. The minimum absolute atomic E-state index is 0.595. The molecule has 6 aliphatic rings. The topological polar surface area (TPSA) is 0 Å². The maximum atomic E-state index is 2.88. The van der Waals surface area contributed by atoms with Gasteiger partial charge in [0.15, 0.2) is 0 Å². The van der Waals surface area contributed by atoms with Gasteiger partial charge in [0, 0.05) is 0 Å². The van der Waals surface area contributed by atoms with Crippen LogP contribution >= 0.6 is 0 Å². The fourth-order valence-electron chi connectivity index (χ4n) is 12.5. The summed E-state index contributed by atoms with van der Waals surface area (Å²) in [6.07, 6.45) is 18.1. The summed E-state index contributed by atoms with van der Waals surface area (Å²) in [5.74, 6) is 8.22. The summed E-state index contributed by atoms with van der Waals surface area (Å²) in [5.41, 5.74) is 2.51. The van der Waals surface area contributed by atoms with E-state index in [1.54, 1.807) is 25.7 Å². The Balaban J connectivity index is 1.18. The van der Waals surface area contributed by atoms with E-state index in [1.165, 1.54) is 51.2 Å². The SMILES string of the molecule is CC1(C)CCC[C@@]2(C)[C@@H](C[B]C[C@@H]3[C@H]4CC[C@H]5[C@H]4C(C)(C)CCC[C@@]35C)[C@H]3CC[C@H]2[C@H]31. The van der Waals surface area contributed by atoms with Crippen molar-refractivity contribution in [3.8, 4) is 0 Å². The Hall–Kier alpha value is 0.0649. The molecule has 0 spiro atoms. The van der Waals surface area contributed by atoms with Crippen LogP contribution in [0.1, 0.15) is 106 Å². The third-order valence-electron chi connectivity index (χ3n) is 13.6. The van der Waals surface area contributed by atoms with Gasteiger partial charge in [0.2, 0.25) is 0 Å². The molecule has 0 nitrogen and oxygen atoms in total. The van der Waals surface area contributed by atoms with Gasteiger partial charge in [0.05, 0.1) is 0 Å². The second-order valence-corrected chi connectivity index (χ2v) is 15.4. The predicted octanol–water partition coefficient (Wildman–Crippen LogP) is 8.50. The van der Waals surface area contributed by atoms with Gasteiger partial charge >= 0.3 is 0 Å². The normalized spacial score (nSPS) is 55.8. The van der Waals surface area contributed by atoms with E-state index in [1.807, 2.05) is 0 Å². The zero-order valence-electron chi connectivity index (χ0n) is 21.7. The van der Waals surface area contributed by atoms with Crippen molar-refractivity contribution in [3.63, 3.8) is 0 Å². The number of rotatable bonds is 4.